The monoisotopic (exact) mass is 848 g/mol. The van der Waals surface area contributed by atoms with Crippen LogP contribution in [0.1, 0.15) is 40.3 Å². The highest BCUT2D eigenvalue weighted by Gasteiger charge is 2.43. The standard InChI is InChI=1S/C59H56Si3/c1-43-55(45-28-16-9-17-29-45)57(47-32-20-11-21-33-47)52(61(43,4)5)40-41-54-59(49-36-24-13-25-37-49)58(48-34-22-12-23-35-48)53(62(54,6)7)39-38-51-56(46-30-18-10-19-31-46)50(42-60(51,2)3)44-26-14-8-15-27-44/h8-42H,1-7H3/b39-38+,41-40+. The van der Waals surface area contributed by atoms with Gasteiger partial charge in [0.2, 0.25) is 0 Å². The van der Waals surface area contributed by atoms with Crippen LogP contribution in [0.15, 0.2) is 238 Å². The van der Waals surface area contributed by atoms with Crippen LogP contribution in [0.3, 0.4) is 0 Å². The molecule has 6 aromatic carbocycles. The van der Waals surface area contributed by atoms with E-state index in [9.17, 15) is 0 Å². The van der Waals surface area contributed by atoms with E-state index in [2.05, 4.69) is 258 Å². The molecule has 0 amide bonds. The van der Waals surface area contributed by atoms with Gasteiger partial charge in [-0.1, -0.05) is 256 Å². The van der Waals surface area contributed by atoms with E-state index in [1.807, 2.05) is 0 Å². The molecule has 0 aromatic heterocycles. The number of hydrogen-bond donors (Lipinski definition) is 0. The van der Waals surface area contributed by atoms with Crippen molar-refractivity contribution in [3.05, 3.63) is 271 Å². The molecule has 3 aliphatic rings. The van der Waals surface area contributed by atoms with Gasteiger partial charge in [0.25, 0.3) is 0 Å². The molecule has 0 radical (unpaired) electrons. The molecule has 0 fully saturated rings. The average molecular weight is 849 g/mol. The largest absolute Gasteiger partial charge is 0.113 e. The zero-order valence-electron chi connectivity index (χ0n) is 37.2. The fourth-order valence-electron chi connectivity index (χ4n) is 10.1. The molecule has 3 heteroatoms. The lowest BCUT2D eigenvalue weighted by molar-refractivity contribution is 1.54. The zero-order valence-corrected chi connectivity index (χ0v) is 40.2. The molecule has 62 heavy (non-hydrogen) atoms. The Labute approximate surface area is 373 Å². The highest BCUT2D eigenvalue weighted by atomic mass is 28.3. The first-order chi connectivity index (χ1) is 30.0. The third-order valence-corrected chi connectivity index (χ3v) is 23.8. The van der Waals surface area contributed by atoms with Gasteiger partial charge >= 0.3 is 0 Å². The van der Waals surface area contributed by atoms with Gasteiger partial charge in [0, 0.05) is 0 Å². The molecule has 0 nitrogen and oxygen atoms in total. The second-order valence-corrected chi connectivity index (χ2v) is 31.7. The first kappa shape index (κ1) is 41.3. The predicted molar refractivity (Wildman–Crippen MR) is 278 cm³/mol. The van der Waals surface area contributed by atoms with E-state index in [4.69, 9.17) is 0 Å². The third-order valence-electron chi connectivity index (χ3n) is 13.6. The van der Waals surface area contributed by atoms with E-state index in [0.29, 0.717) is 0 Å². The molecule has 0 N–H and O–H groups in total. The second-order valence-electron chi connectivity index (χ2n) is 18.5. The van der Waals surface area contributed by atoms with E-state index in [-0.39, 0.29) is 0 Å². The summed E-state index contributed by atoms with van der Waals surface area (Å²) in [6.45, 7) is 17.7. The van der Waals surface area contributed by atoms with Gasteiger partial charge in [0.05, 0.1) is 0 Å². The molecule has 6 aromatic rings. The molecule has 0 bridgehead atoms. The summed E-state index contributed by atoms with van der Waals surface area (Å²) < 4.78 is 0. The Balaban J connectivity index is 1.27. The van der Waals surface area contributed by atoms with Crippen molar-refractivity contribution in [1.82, 2.24) is 0 Å². The van der Waals surface area contributed by atoms with Crippen LogP contribution in [0.5, 0.6) is 0 Å². The van der Waals surface area contributed by atoms with Crippen molar-refractivity contribution in [3.8, 4) is 0 Å². The van der Waals surface area contributed by atoms with Gasteiger partial charge in [0.1, 0.15) is 24.2 Å². The van der Waals surface area contributed by atoms with Gasteiger partial charge in [-0.05, 0) is 94.5 Å². The van der Waals surface area contributed by atoms with E-state index in [1.54, 1.807) is 5.20 Å². The lowest BCUT2D eigenvalue weighted by Crippen LogP contribution is -2.30. The topological polar surface area (TPSA) is 0 Å². The summed E-state index contributed by atoms with van der Waals surface area (Å²) in [6, 6.07) is 66.7. The Bertz CT molecular complexity index is 2900. The van der Waals surface area contributed by atoms with Crippen LogP contribution in [0.4, 0.5) is 0 Å². The van der Waals surface area contributed by atoms with Crippen molar-refractivity contribution in [2.75, 3.05) is 0 Å². The van der Waals surface area contributed by atoms with Crippen LogP contribution in [-0.4, -0.2) is 24.2 Å². The van der Waals surface area contributed by atoms with Crippen LogP contribution in [-0.2, 0) is 0 Å². The van der Waals surface area contributed by atoms with Gasteiger partial charge < -0.3 is 0 Å². The van der Waals surface area contributed by atoms with Gasteiger partial charge in [-0.2, -0.15) is 0 Å². The summed E-state index contributed by atoms with van der Waals surface area (Å²) in [5.41, 5.74) is 18.7. The maximum atomic E-state index is 2.63. The molecule has 3 aliphatic heterocycles. The number of hydrogen-bond acceptors (Lipinski definition) is 0. The molecular formula is C59H56Si3. The Morgan fingerprint density at radius 2 is 0.565 bits per heavy atom. The molecule has 0 spiro atoms. The smallest absolute Gasteiger partial charge is 0.0818 e. The Morgan fingerprint density at radius 1 is 0.290 bits per heavy atom. The average Bonchev–Trinajstić information content (AvgIpc) is 3.79. The first-order valence-electron chi connectivity index (χ1n) is 22.1. The minimum absolute atomic E-state index is 1.28. The minimum Gasteiger partial charge on any atom is -0.0818 e. The Hall–Kier alpha value is -6.11. The van der Waals surface area contributed by atoms with Crippen LogP contribution >= 0.6 is 0 Å². The second kappa shape index (κ2) is 16.6. The van der Waals surface area contributed by atoms with Crippen LogP contribution < -0.4 is 0 Å². The summed E-state index contributed by atoms with van der Waals surface area (Å²) in [5, 5.41) is 7.51. The summed E-state index contributed by atoms with van der Waals surface area (Å²) >= 11 is 0. The van der Waals surface area contributed by atoms with E-state index < -0.39 is 24.2 Å². The van der Waals surface area contributed by atoms with Crippen LogP contribution in [0.25, 0.3) is 33.4 Å². The molecule has 0 unspecified atom stereocenters. The Kier molecular flexibility index (Phi) is 11.1. The van der Waals surface area contributed by atoms with Crippen molar-refractivity contribution in [2.24, 2.45) is 0 Å². The summed E-state index contributed by atoms with van der Waals surface area (Å²) in [5.74, 6) is 0. The molecular weight excluding hydrogens is 793 g/mol. The van der Waals surface area contributed by atoms with Gasteiger partial charge in [-0.15, -0.1) is 0 Å². The maximum Gasteiger partial charge on any atom is 0.113 e. The molecule has 3 heterocycles. The van der Waals surface area contributed by atoms with Gasteiger partial charge in [-0.3, -0.25) is 0 Å². The lowest BCUT2D eigenvalue weighted by atomic mass is 9.90. The fourth-order valence-corrected chi connectivity index (χ4v) is 18.5. The summed E-state index contributed by atoms with van der Waals surface area (Å²) in [6.07, 6.45) is 10.3. The maximum absolute atomic E-state index is 2.63. The lowest BCUT2D eigenvalue weighted by Gasteiger charge is -2.25. The zero-order chi connectivity index (χ0) is 43.1. The van der Waals surface area contributed by atoms with E-state index >= 15 is 0 Å². The minimum atomic E-state index is -2.37. The highest BCUT2D eigenvalue weighted by molar-refractivity contribution is 6.97. The third kappa shape index (κ3) is 7.38. The molecule has 0 atom stereocenters. The molecule has 304 valence electrons. The summed E-state index contributed by atoms with van der Waals surface area (Å²) in [7, 11) is -6.46. The van der Waals surface area contributed by atoms with Crippen molar-refractivity contribution in [3.63, 3.8) is 0 Å². The first-order valence-corrected chi connectivity index (χ1v) is 31.2. The van der Waals surface area contributed by atoms with E-state index in [1.165, 1.54) is 87.6 Å². The van der Waals surface area contributed by atoms with Crippen molar-refractivity contribution in [1.29, 1.82) is 0 Å². The quantitative estimate of drug-likeness (QED) is 0.121. The molecule has 0 saturated heterocycles. The number of benzene rings is 6. The normalized spacial score (nSPS) is 18.3. The van der Waals surface area contributed by atoms with Gasteiger partial charge in [0.15, 0.2) is 0 Å². The van der Waals surface area contributed by atoms with Crippen molar-refractivity contribution < 1.29 is 0 Å². The number of allylic oxidation sites excluding steroid dienone is 15. The fraction of sp³-hybridized carbons (Fsp3) is 0.119. The number of rotatable bonds is 10. The highest BCUT2D eigenvalue weighted by Crippen LogP contribution is 2.53. The molecule has 0 saturated carbocycles. The van der Waals surface area contributed by atoms with Crippen molar-refractivity contribution >= 4 is 57.7 Å². The van der Waals surface area contributed by atoms with Crippen molar-refractivity contribution in [2.45, 2.75) is 46.2 Å². The molecule has 0 aliphatic carbocycles. The Morgan fingerprint density at radius 3 is 0.935 bits per heavy atom. The SMILES string of the molecule is CC1=C(c2ccccc2)C(c2ccccc2)=C(/C=C/C2=C(c3ccccc3)C(c3ccccc3)=C(/C=C/C3=C(c4ccccc4)C(c4ccccc4)=C[Si]3(C)C)[Si]2(C)C)[Si]1(C)C. The van der Waals surface area contributed by atoms with E-state index in [0.717, 1.165) is 0 Å². The summed E-state index contributed by atoms with van der Waals surface area (Å²) in [4.78, 5) is 0. The van der Waals surface area contributed by atoms with Gasteiger partial charge in [-0.25, -0.2) is 0 Å². The predicted octanol–water partition coefficient (Wildman–Crippen LogP) is 15.9. The molecule has 9 rings (SSSR count). The van der Waals surface area contributed by atoms with Crippen LogP contribution in [0.2, 0.25) is 39.3 Å². The van der Waals surface area contributed by atoms with Crippen LogP contribution in [0, 0.1) is 0 Å².